The van der Waals surface area contributed by atoms with E-state index in [4.69, 9.17) is 9.47 Å². The van der Waals surface area contributed by atoms with Crippen LogP contribution in [0.2, 0.25) is 0 Å². The van der Waals surface area contributed by atoms with E-state index in [-0.39, 0.29) is 6.61 Å². The molecule has 0 aliphatic rings. The summed E-state index contributed by atoms with van der Waals surface area (Å²) in [4.78, 5) is 12.1. The van der Waals surface area contributed by atoms with Crippen LogP contribution in [0.25, 0.3) is 0 Å². The Morgan fingerprint density at radius 1 is 1.41 bits per heavy atom. The molecule has 0 fully saturated rings. The first-order valence-electron chi connectivity index (χ1n) is 6.87. The Bertz CT molecular complexity index is 645. The molecule has 118 valence electrons. The number of benzene rings is 1. The lowest BCUT2D eigenvalue weighted by Crippen LogP contribution is -2.12. The van der Waals surface area contributed by atoms with Crippen LogP contribution in [0.1, 0.15) is 34.8 Å². The van der Waals surface area contributed by atoms with Gasteiger partial charge in [0, 0.05) is 17.8 Å². The fourth-order valence-electron chi connectivity index (χ4n) is 1.92. The molecule has 7 heteroatoms. The largest absolute Gasteiger partial charge is 0.472 e. The molecule has 22 heavy (non-hydrogen) atoms. The summed E-state index contributed by atoms with van der Waals surface area (Å²) in [6, 6.07) is 6.48. The van der Waals surface area contributed by atoms with Crippen molar-refractivity contribution in [1.29, 1.82) is 0 Å². The van der Waals surface area contributed by atoms with Crippen LogP contribution in [-0.2, 0) is 18.0 Å². The number of aromatic nitrogens is 2. The minimum atomic E-state index is -0.686. The van der Waals surface area contributed by atoms with Gasteiger partial charge in [0.15, 0.2) is 0 Å². The van der Waals surface area contributed by atoms with Gasteiger partial charge in [0.05, 0.1) is 12.2 Å². The van der Waals surface area contributed by atoms with E-state index in [1.165, 1.54) is 4.09 Å². The highest BCUT2D eigenvalue weighted by Gasteiger charge is 2.17. The van der Waals surface area contributed by atoms with E-state index in [1.54, 1.807) is 30.5 Å². The average molecular weight is 324 g/mol. The number of esters is 1. The second kappa shape index (κ2) is 7.84. The molecule has 1 heterocycles. The zero-order valence-electron chi connectivity index (χ0n) is 12.2. The number of ether oxygens (including phenoxy) is 2. The van der Waals surface area contributed by atoms with Crippen LogP contribution >= 0.6 is 12.8 Å². The van der Waals surface area contributed by atoms with E-state index < -0.39 is 12.6 Å². The smallest absolute Gasteiger partial charge is 0.338 e. The monoisotopic (exact) mass is 324 g/mol. The Hall–Kier alpha value is -2.02. The summed E-state index contributed by atoms with van der Waals surface area (Å²) in [6.45, 7) is 1.57. The van der Waals surface area contributed by atoms with Crippen molar-refractivity contribution in [2.75, 3.05) is 6.61 Å². The summed E-state index contributed by atoms with van der Waals surface area (Å²) in [7, 11) is 0. The molecule has 0 aliphatic heterocycles. The van der Waals surface area contributed by atoms with Crippen molar-refractivity contribution in [2.45, 2.75) is 26.6 Å². The Kier molecular flexibility index (Phi) is 5.83. The van der Waals surface area contributed by atoms with Crippen LogP contribution in [0, 0.1) is 0 Å². The van der Waals surface area contributed by atoms with Gasteiger partial charge in [-0.2, -0.15) is 0 Å². The van der Waals surface area contributed by atoms with Crippen molar-refractivity contribution < 1.29 is 18.7 Å². The van der Waals surface area contributed by atoms with Gasteiger partial charge in [-0.25, -0.2) is 13.3 Å². The summed E-state index contributed by atoms with van der Waals surface area (Å²) >= 11 is 4.01. The van der Waals surface area contributed by atoms with E-state index in [0.29, 0.717) is 29.2 Å². The van der Waals surface area contributed by atoms with Gasteiger partial charge >= 0.3 is 5.97 Å². The van der Waals surface area contributed by atoms with E-state index >= 15 is 0 Å². The Morgan fingerprint density at radius 3 is 2.86 bits per heavy atom. The third-order valence-corrected chi connectivity index (χ3v) is 3.21. The molecule has 0 saturated carbocycles. The summed E-state index contributed by atoms with van der Waals surface area (Å²) in [5, 5.41) is 3.95. The van der Waals surface area contributed by atoms with Crippen molar-refractivity contribution >= 4 is 18.8 Å². The van der Waals surface area contributed by atoms with Crippen LogP contribution in [-0.4, -0.2) is 21.8 Å². The van der Waals surface area contributed by atoms with Crippen molar-refractivity contribution in [3.05, 3.63) is 47.2 Å². The maximum Gasteiger partial charge on any atom is 0.338 e. The number of hydrogen-bond donors (Lipinski definition) is 1. The molecular weight excluding hydrogens is 307 g/mol. The van der Waals surface area contributed by atoms with Crippen LogP contribution in [0.15, 0.2) is 30.5 Å². The fraction of sp³-hybridized carbons (Fsp3) is 0.333. The molecule has 0 atom stereocenters. The minimum absolute atomic E-state index is 0.0292. The van der Waals surface area contributed by atoms with Crippen molar-refractivity contribution in [3.8, 4) is 5.88 Å². The van der Waals surface area contributed by atoms with Gasteiger partial charge in [-0.3, -0.25) is 0 Å². The minimum Gasteiger partial charge on any atom is -0.472 e. The number of rotatable bonds is 7. The molecule has 0 spiro atoms. The first-order valence-corrected chi connectivity index (χ1v) is 7.27. The van der Waals surface area contributed by atoms with Crippen LogP contribution in [0.4, 0.5) is 4.39 Å². The van der Waals surface area contributed by atoms with Gasteiger partial charge in [0.2, 0.25) is 5.88 Å². The van der Waals surface area contributed by atoms with E-state index in [9.17, 15) is 9.18 Å². The summed E-state index contributed by atoms with van der Waals surface area (Å²) in [5.41, 5.74) is 1.19. The van der Waals surface area contributed by atoms with Gasteiger partial charge in [-0.05, 0) is 30.9 Å². The number of halogens is 1. The molecule has 0 aliphatic carbocycles. The van der Waals surface area contributed by atoms with E-state index in [2.05, 4.69) is 17.9 Å². The quantitative estimate of drug-likeness (QED) is 0.628. The third kappa shape index (κ3) is 4.00. The fourth-order valence-corrected chi connectivity index (χ4v) is 2.07. The number of hydrogen-bond acceptors (Lipinski definition) is 5. The van der Waals surface area contributed by atoms with Gasteiger partial charge < -0.3 is 9.47 Å². The van der Waals surface area contributed by atoms with Crippen molar-refractivity contribution in [1.82, 2.24) is 9.19 Å². The second-order valence-corrected chi connectivity index (χ2v) is 4.99. The van der Waals surface area contributed by atoms with Gasteiger partial charge in [0.25, 0.3) is 0 Å². The van der Waals surface area contributed by atoms with Gasteiger partial charge in [-0.1, -0.05) is 19.1 Å². The Labute approximate surface area is 133 Å². The third-order valence-electron chi connectivity index (χ3n) is 2.99. The molecule has 2 rings (SSSR count). The lowest BCUT2D eigenvalue weighted by molar-refractivity contribution is 0.0502. The zero-order chi connectivity index (χ0) is 15.9. The topological polar surface area (TPSA) is 53.4 Å². The molecule has 2 aromatic rings. The predicted octanol–water partition coefficient (Wildman–Crippen LogP) is 3.19. The van der Waals surface area contributed by atoms with Gasteiger partial charge in [0.1, 0.15) is 13.3 Å². The summed E-state index contributed by atoms with van der Waals surface area (Å²) in [5.74, 6) is -0.132. The lowest BCUT2D eigenvalue weighted by Gasteiger charge is -2.12. The Balaban J connectivity index is 2.20. The van der Waals surface area contributed by atoms with Crippen LogP contribution < -0.4 is 4.74 Å². The molecule has 0 unspecified atom stereocenters. The molecule has 0 radical (unpaired) electrons. The van der Waals surface area contributed by atoms with Crippen LogP contribution in [0.5, 0.6) is 5.88 Å². The second-order valence-electron chi connectivity index (χ2n) is 4.58. The number of carbonyl (C=O) groups is 1. The van der Waals surface area contributed by atoms with E-state index in [0.717, 1.165) is 6.42 Å². The van der Waals surface area contributed by atoms with E-state index in [1.807, 2.05) is 6.92 Å². The predicted molar refractivity (Wildman–Crippen MR) is 82.8 cm³/mol. The molecule has 5 nitrogen and oxygen atoms in total. The summed E-state index contributed by atoms with van der Waals surface area (Å²) in [6.07, 6.45) is 2.33. The zero-order valence-corrected chi connectivity index (χ0v) is 13.1. The maximum absolute atomic E-state index is 13.2. The number of thiol groups is 1. The highest BCUT2D eigenvalue weighted by atomic mass is 32.1. The molecule has 1 aromatic carbocycles. The number of carbonyl (C=O) groups excluding carboxylic acids is 1. The van der Waals surface area contributed by atoms with Crippen molar-refractivity contribution in [2.24, 2.45) is 0 Å². The molecule has 1 aromatic heterocycles. The molecule has 0 bridgehead atoms. The first-order chi connectivity index (χ1) is 10.7. The molecule has 0 N–H and O–H groups in total. The highest BCUT2D eigenvalue weighted by molar-refractivity contribution is 7.78. The van der Waals surface area contributed by atoms with Crippen LogP contribution in [0.3, 0.4) is 0 Å². The average Bonchev–Trinajstić information content (AvgIpc) is 2.95. The lowest BCUT2D eigenvalue weighted by atomic mass is 10.0. The normalized spacial score (nSPS) is 10.5. The number of nitrogens with zero attached hydrogens (tertiary/aromatic N) is 2. The maximum atomic E-state index is 13.2. The Morgan fingerprint density at radius 2 is 2.23 bits per heavy atom. The standard InChI is InChI=1S/C15H17FN2O3S/c1-2-8-20-15(19)12-5-3-4-11(9-16)13(12)10-21-14-6-7-18(22)17-14/h3-7,22H,2,8-10H2,1H3. The van der Waals surface area contributed by atoms with Gasteiger partial charge in [-0.15, -0.1) is 5.10 Å². The SMILES string of the molecule is CCCOC(=O)c1cccc(CF)c1COc1ccn(S)n1. The molecule has 0 amide bonds. The molecular formula is C15H17FN2O3S. The first kappa shape index (κ1) is 16.4. The number of alkyl halides is 1. The molecule has 0 saturated heterocycles. The summed E-state index contributed by atoms with van der Waals surface area (Å²) < 4.78 is 25.1. The highest BCUT2D eigenvalue weighted by Crippen LogP contribution is 2.20. The van der Waals surface area contributed by atoms with Crippen molar-refractivity contribution in [3.63, 3.8) is 0 Å².